The van der Waals surface area contributed by atoms with Gasteiger partial charge in [0.05, 0.1) is 0 Å². The fourth-order valence-corrected chi connectivity index (χ4v) is 2.23. The Bertz CT molecular complexity index is 421. The molecular weight excluding hydrogens is 260 g/mol. The summed E-state index contributed by atoms with van der Waals surface area (Å²) in [6, 6.07) is 8.61. The van der Waals surface area contributed by atoms with Gasteiger partial charge in [-0.1, -0.05) is 43.7 Å². The first-order chi connectivity index (χ1) is 9.99. The quantitative estimate of drug-likeness (QED) is 0.685. The average molecular weight is 290 g/mol. The highest BCUT2D eigenvalue weighted by Crippen LogP contribution is 2.10. The van der Waals surface area contributed by atoms with E-state index in [1.807, 2.05) is 0 Å². The number of hydrogen-bond acceptors (Lipinski definition) is 2. The van der Waals surface area contributed by atoms with Gasteiger partial charge in [0.25, 0.3) is 0 Å². The van der Waals surface area contributed by atoms with Crippen molar-refractivity contribution in [3.63, 3.8) is 0 Å². The van der Waals surface area contributed by atoms with Gasteiger partial charge in [0.15, 0.2) is 0 Å². The SMILES string of the molecule is CCC(N)(CC)CNC(=O)CCCCc1ccc(C)cc1. The van der Waals surface area contributed by atoms with Crippen molar-refractivity contribution in [2.45, 2.75) is 64.8 Å². The summed E-state index contributed by atoms with van der Waals surface area (Å²) >= 11 is 0. The summed E-state index contributed by atoms with van der Waals surface area (Å²) in [4.78, 5) is 11.8. The molecule has 1 aromatic carbocycles. The van der Waals surface area contributed by atoms with E-state index in [0.717, 1.165) is 32.1 Å². The van der Waals surface area contributed by atoms with Crippen LogP contribution in [0.2, 0.25) is 0 Å². The molecule has 3 N–H and O–H groups in total. The number of nitrogens with two attached hydrogens (primary N) is 1. The van der Waals surface area contributed by atoms with Crippen LogP contribution in [-0.4, -0.2) is 18.0 Å². The molecule has 0 aliphatic rings. The number of hydrogen-bond donors (Lipinski definition) is 2. The molecule has 21 heavy (non-hydrogen) atoms. The number of aryl methyl sites for hydroxylation is 2. The predicted octanol–water partition coefficient (Wildman–Crippen LogP) is 3.34. The minimum atomic E-state index is -0.252. The van der Waals surface area contributed by atoms with Crippen molar-refractivity contribution < 1.29 is 4.79 Å². The number of unbranched alkanes of at least 4 members (excludes halogenated alkanes) is 1. The Morgan fingerprint density at radius 3 is 2.33 bits per heavy atom. The van der Waals surface area contributed by atoms with E-state index in [4.69, 9.17) is 5.73 Å². The van der Waals surface area contributed by atoms with Gasteiger partial charge in [-0.25, -0.2) is 0 Å². The van der Waals surface area contributed by atoms with Gasteiger partial charge in [-0.15, -0.1) is 0 Å². The first-order valence-corrected chi connectivity index (χ1v) is 8.10. The minimum absolute atomic E-state index is 0.121. The summed E-state index contributed by atoms with van der Waals surface area (Å²) in [5, 5.41) is 2.97. The maximum atomic E-state index is 11.8. The highest BCUT2D eigenvalue weighted by atomic mass is 16.1. The fraction of sp³-hybridized carbons (Fsp3) is 0.611. The van der Waals surface area contributed by atoms with Crippen LogP contribution in [0.4, 0.5) is 0 Å². The second kappa shape index (κ2) is 8.83. The van der Waals surface area contributed by atoms with E-state index in [1.54, 1.807) is 0 Å². The van der Waals surface area contributed by atoms with Crippen LogP contribution in [-0.2, 0) is 11.2 Å². The van der Waals surface area contributed by atoms with Crippen molar-refractivity contribution in [1.82, 2.24) is 5.32 Å². The molecule has 0 saturated carbocycles. The lowest BCUT2D eigenvalue weighted by Gasteiger charge is -2.26. The zero-order valence-corrected chi connectivity index (χ0v) is 13.7. The van der Waals surface area contributed by atoms with Crippen LogP contribution in [0.3, 0.4) is 0 Å². The van der Waals surface area contributed by atoms with Crippen LogP contribution in [0.5, 0.6) is 0 Å². The van der Waals surface area contributed by atoms with Crippen molar-refractivity contribution in [2.24, 2.45) is 5.73 Å². The molecule has 0 fully saturated rings. The zero-order valence-electron chi connectivity index (χ0n) is 13.7. The van der Waals surface area contributed by atoms with Gasteiger partial charge in [0.2, 0.25) is 5.91 Å². The Balaban J connectivity index is 2.17. The second-order valence-corrected chi connectivity index (χ2v) is 6.04. The van der Waals surface area contributed by atoms with Crippen LogP contribution in [0, 0.1) is 6.92 Å². The van der Waals surface area contributed by atoms with Crippen LogP contribution in [0.1, 0.15) is 57.1 Å². The second-order valence-electron chi connectivity index (χ2n) is 6.04. The van der Waals surface area contributed by atoms with E-state index in [0.29, 0.717) is 13.0 Å². The molecule has 3 heteroatoms. The Labute approximate surface area is 129 Å². The van der Waals surface area contributed by atoms with Gasteiger partial charge in [-0.05, 0) is 44.6 Å². The Morgan fingerprint density at radius 2 is 1.76 bits per heavy atom. The number of rotatable bonds is 9. The summed E-state index contributed by atoms with van der Waals surface area (Å²) < 4.78 is 0. The lowest BCUT2D eigenvalue weighted by Crippen LogP contribution is -2.49. The minimum Gasteiger partial charge on any atom is -0.354 e. The van der Waals surface area contributed by atoms with Crippen molar-refractivity contribution in [2.75, 3.05) is 6.54 Å². The monoisotopic (exact) mass is 290 g/mol. The average Bonchev–Trinajstić information content (AvgIpc) is 2.51. The maximum absolute atomic E-state index is 11.8. The van der Waals surface area contributed by atoms with E-state index in [1.165, 1.54) is 11.1 Å². The molecule has 0 heterocycles. The Kier molecular flexibility index (Phi) is 7.44. The van der Waals surface area contributed by atoms with Gasteiger partial charge in [0, 0.05) is 18.5 Å². The zero-order chi connectivity index (χ0) is 15.7. The third-order valence-corrected chi connectivity index (χ3v) is 4.29. The van der Waals surface area contributed by atoms with Crippen molar-refractivity contribution in [3.05, 3.63) is 35.4 Å². The summed E-state index contributed by atoms with van der Waals surface area (Å²) in [7, 11) is 0. The molecule has 0 aliphatic carbocycles. The number of nitrogens with one attached hydrogen (secondary N) is 1. The van der Waals surface area contributed by atoms with E-state index >= 15 is 0 Å². The van der Waals surface area contributed by atoms with Crippen LogP contribution < -0.4 is 11.1 Å². The molecular formula is C18H30N2O. The van der Waals surface area contributed by atoms with Gasteiger partial charge < -0.3 is 11.1 Å². The lowest BCUT2D eigenvalue weighted by atomic mass is 9.94. The van der Waals surface area contributed by atoms with E-state index in [9.17, 15) is 4.79 Å². The molecule has 1 aromatic rings. The van der Waals surface area contributed by atoms with Crippen molar-refractivity contribution in [1.29, 1.82) is 0 Å². The van der Waals surface area contributed by atoms with Crippen molar-refractivity contribution >= 4 is 5.91 Å². The molecule has 0 aromatic heterocycles. The molecule has 118 valence electrons. The molecule has 0 saturated heterocycles. The van der Waals surface area contributed by atoms with Crippen LogP contribution >= 0.6 is 0 Å². The van der Waals surface area contributed by atoms with Crippen molar-refractivity contribution in [3.8, 4) is 0 Å². The van der Waals surface area contributed by atoms with Gasteiger partial charge in [0.1, 0.15) is 0 Å². The molecule has 1 rings (SSSR count). The summed E-state index contributed by atoms with van der Waals surface area (Å²) in [5.41, 5.74) is 8.55. The Morgan fingerprint density at radius 1 is 1.14 bits per heavy atom. The first-order valence-electron chi connectivity index (χ1n) is 8.10. The topological polar surface area (TPSA) is 55.1 Å². The highest BCUT2D eigenvalue weighted by molar-refractivity contribution is 5.75. The van der Waals surface area contributed by atoms with E-state index < -0.39 is 0 Å². The molecule has 0 unspecified atom stereocenters. The number of carbonyl (C=O) groups excluding carboxylic acids is 1. The molecule has 0 radical (unpaired) electrons. The predicted molar refractivity (Wildman–Crippen MR) is 89.2 cm³/mol. The standard InChI is InChI=1S/C18H30N2O/c1-4-18(19,5-2)14-20-17(21)9-7-6-8-16-12-10-15(3)11-13-16/h10-13H,4-9,14,19H2,1-3H3,(H,20,21). The Hall–Kier alpha value is -1.35. The molecule has 0 aliphatic heterocycles. The number of benzene rings is 1. The van der Waals surface area contributed by atoms with Crippen LogP contribution in [0.15, 0.2) is 24.3 Å². The lowest BCUT2D eigenvalue weighted by molar-refractivity contribution is -0.121. The smallest absolute Gasteiger partial charge is 0.220 e. The first kappa shape index (κ1) is 17.7. The largest absolute Gasteiger partial charge is 0.354 e. The maximum Gasteiger partial charge on any atom is 0.220 e. The summed E-state index contributed by atoms with van der Waals surface area (Å²) in [6.45, 7) is 6.81. The molecule has 3 nitrogen and oxygen atoms in total. The molecule has 0 bridgehead atoms. The van der Waals surface area contributed by atoms with Crippen LogP contribution in [0.25, 0.3) is 0 Å². The summed E-state index contributed by atoms with van der Waals surface area (Å²) in [6.07, 6.45) is 5.38. The van der Waals surface area contributed by atoms with Gasteiger partial charge >= 0.3 is 0 Å². The van der Waals surface area contributed by atoms with Gasteiger partial charge in [-0.2, -0.15) is 0 Å². The van der Waals surface area contributed by atoms with Gasteiger partial charge in [-0.3, -0.25) is 4.79 Å². The molecule has 0 spiro atoms. The summed E-state index contributed by atoms with van der Waals surface area (Å²) in [5.74, 6) is 0.121. The normalized spacial score (nSPS) is 11.4. The van der Waals surface area contributed by atoms with E-state index in [-0.39, 0.29) is 11.4 Å². The fourth-order valence-electron chi connectivity index (χ4n) is 2.23. The number of carbonyl (C=O) groups is 1. The molecule has 0 atom stereocenters. The third-order valence-electron chi connectivity index (χ3n) is 4.29. The third kappa shape index (κ3) is 6.76. The number of amides is 1. The molecule has 1 amide bonds. The van der Waals surface area contributed by atoms with E-state index in [2.05, 4.69) is 50.4 Å². The highest BCUT2D eigenvalue weighted by Gasteiger charge is 2.20.